The minimum atomic E-state index is -0.978. The Morgan fingerprint density at radius 2 is 2.00 bits per heavy atom. The molecule has 20 heavy (non-hydrogen) atoms. The van der Waals surface area contributed by atoms with E-state index in [9.17, 15) is 4.79 Å². The highest BCUT2D eigenvalue weighted by Gasteiger charge is 2.13. The molecule has 0 bridgehead atoms. The summed E-state index contributed by atoms with van der Waals surface area (Å²) < 4.78 is 0. The summed E-state index contributed by atoms with van der Waals surface area (Å²) >= 11 is 6.23. The molecule has 0 aliphatic rings. The zero-order valence-corrected chi connectivity index (χ0v) is 13.2. The Bertz CT molecular complexity index is 495. The third kappa shape index (κ3) is 4.89. The van der Waals surface area contributed by atoms with Gasteiger partial charge in [0.15, 0.2) is 0 Å². The lowest BCUT2D eigenvalue weighted by Crippen LogP contribution is -2.34. The van der Waals surface area contributed by atoms with Gasteiger partial charge in [-0.25, -0.2) is 4.79 Å². The van der Waals surface area contributed by atoms with Crippen molar-refractivity contribution >= 4 is 29.3 Å². The molecule has 0 saturated carbocycles. The first kappa shape index (κ1) is 16.6. The van der Waals surface area contributed by atoms with Crippen LogP contribution in [-0.4, -0.2) is 23.7 Å². The molecule has 0 atom stereocenters. The molecule has 0 fully saturated rings. The smallest absolute Gasteiger partial charge is 0.328 e. The molecule has 1 N–H and O–H groups in total. The summed E-state index contributed by atoms with van der Waals surface area (Å²) in [6.45, 7) is 9.61. The van der Waals surface area contributed by atoms with Crippen LogP contribution >= 0.6 is 11.6 Å². The van der Waals surface area contributed by atoms with Crippen LogP contribution in [0.25, 0.3) is 6.08 Å². The molecule has 0 radical (unpaired) electrons. The van der Waals surface area contributed by atoms with Gasteiger partial charge >= 0.3 is 5.97 Å². The van der Waals surface area contributed by atoms with Gasteiger partial charge < -0.3 is 10.0 Å². The number of anilines is 1. The van der Waals surface area contributed by atoms with Gasteiger partial charge in [0.1, 0.15) is 0 Å². The topological polar surface area (TPSA) is 40.5 Å². The molecule has 0 heterocycles. The second-order valence-corrected chi connectivity index (χ2v) is 5.92. The van der Waals surface area contributed by atoms with Gasteiger partial charge in [0.05, 0.1) is 0 Å². The highest BCUT2D eigenvalue weighted by molar-refractivity contribution is 6.32. The molecule has 0 aliphatic carbocycles. The zero-order valence-electron chi connectivity index (χ0n) is 12.4. The van der Waals surface area contributed by atoms with Crippen LogP contribution in [0.3, 0.4) is 0 Å². The standard InChI is InChI=1S/C16H22ClNO2/c1-11(2)10-18(12(3)4)14-7-5-13(15(17)9-14)6-8-16(19)20/h5-9,11-12H,10H2,1-4H3,(H,19,20)/b8-6+. The number of benzene rings is 1. The second-order valence-electron chi connectivity index (χ2n) is 5.52. The van der Waals surface area contributed by atoms with Gasteiger partial charge in [-0.1, -0.05) is 31.5 Å². The van der Waals surface area contributed by atoms with E-state index in [0.717, 1.165) is 18.3 Å². The van der Waals surface area contributed by atoms with E-state index in [1.807, 2.05) is 18.2 Å². The predicted molar refractivity (Wildman–Crippen MR) is 85.4 cm³/mol. The van der Waals surface area contributed by atoms with Gasteiger partial charge in [-0.05, 0) is 43.5 Å². The van der Waals surface area contributed by atoms with Gasteiger partial charge in [-0.3, -0.25) is 0 Å². The number of aliphatic carboxylic acids is 1. The van der Waals surface area contributed by atoms with Gasteiger partial charge in [-0.2, -0.15) is 0 Å². The van der Waals surface area contributed by atoms with Crippen molar-refractivity contribution in [3.8, 4) is 0 Å². The maximum atomic E-state index is 10.5. The van der Waals surface area contributed by atoms with Crippen molar-refractivity contribution in [1.82, 2.24) is 0 Å². The lowest BCUT2D eigenvalue weighted by atomic mass is 10.1. The van der Waals surface area contributed by atoms with Crippen molar-refractivity contribution in [2.45, 2.75) is 33.7 Å². The summed E-state index contributed by atoms with van der Waals surface area (Å²) in [6, 6.07) is 6.11. The van der Waals surface area contributed by atoms with E-state index < -0.39 is 5.97 Å². The van der Waals surface area contributed by atoms with Crippen LogP contribution in [0.2, 0.25) is 5.02 Å². The van der Waals surface area contributed by atoms with E-state index in [0.29, 0.717) is 22.5 Å². The summed E-state index contributed by atoms with van der Waals surface area (Å²) in [6.07, 6.45) is 2.60. The summed E-state index contributed by atoms with van der Waals surface area (Å²) in [7, 11) is 0. The van der Waals surface area contributed by atoms with Gasteiger partial charge in [0, 0.05) is 29.4 Å². The quantitative estimate of drug-likeness (QED) is 0.795. The van der Waals surface area contributed by atoms with Crippen molar-refractivity contribution in [1.29, 1.82) is 0 Å². The molecule has 1 rings (SSSR count). The molecular weight excluding hydrogens is 274 g/mol. The van der Waals surface area contributed by atoms with Crippen molar-refractivity contribution < 1.29 is 9.90 Å². The predicted octanol–water partition coefficient (Wildman–Crippen LogP) is 4.31. The van der Waals surface area contributed by atoms with Crippen LogP contribution in [0.15, 0.2) is 24.3 Å². The minimum absolute atomic E-state index is 0.383. The molecule has 0 unspecified atom stereocenters. The van der Waals surface area contributed by atoms with E-state index in [2.05, 4.69) is 32.6 Å². The SMILES string of the molecule is CC(C)CN(c1ccc(/C=C/C(=O)O)c(Cl)c1)C(C)C. The Labute approximate surface area is 125 Å². The maximum absolute atomic E-state index is 10.5. The zero-order chi connectivity index (χ0) is 15.3. The molecule has 1 aromatic rings. The van der Waals surface area contributed by atoms with Crippen LogP contribution in [0, 0.1) is 5.92 Å². The Morgan fingerprint density at radius 3 is 2.45 bits per heavy atom. The second kappa shape index (κ2) is 7.34. The third-order valence-corrected chi connectivity index (χ3v) is 3.23. The summed E-state index contributed by atoms with van der Waals surface area (Å²) in [5.41, 5.74) is 1.78. The van der Waals surface area contributed by atoms with E-state index >= 15 is 0 Å². The van der Waals surface area contributed by atoms with E-state index in [1.54, 1.807) is 0 Å². The summed E-state index contributed by atoms with van der Waals surface area (Å²) in [5, 5.41) is 9.21. The largest absolute Gasteiger partial charge is 0.478 e. The Hall–Kier alpha value is -1.48. The molecule has 0 aliphatic heterocycles. The molecule has 1 aromatic carbocycles. The molecule has 110 valence electrons. The lowest BCUT2D eigenvalue weighted by Gasteiger charge is -2.31. The first-order valence-electron chi connectivity index (χ1n) is 6.78. The van der Waals surface area contributed by atoms with Crippen molar-refractivity contribution in [2.75, 3.05) is 11.4 Å². The first-order chi connectivity index (χ1) is 9.31. The van der Waals surface area contributed by atoms with Crippen molar-refractivity contribution in [3.63, 3.8) is 0 Å². The number of hydrogen-bond acceptors (Lipinski definition) is 2. The van der Waals surface area contributed by atoms with Crippen LogP contribution in [-0.2, 0) is 4.79 Å². The molecule has 0 saturated heterocycles. The maximum Gasteiger partial charge on any atom is 0.328 e. The number of carbonyl (C=O) groups is 1. The van der Waals surface area contributed by atoms with Gasteiger partial charge in [-0.15, -0.1) is 0 Å². The van der Waals surface area contributed by atoms with Crippen LogP contribution < -0.4 is 4.90 Å². The lowest BCUT2D eigenvalue weighted by molar-refractivity contribution is -0.131. The molecular formula is C16H22ClNO2. The highest BCUT2D eigenvalue weighted by atomic mass is 35.5. The Balaban J connectivity index is 3.02. The molecule has 0 amide bonds. The number of halogens is 1. The normalized spacial score (nSPS) is 11.6. The molecule has 3 nitrogen and oxygen atoms in total. The van der Waals surface area contributed by atoms with Gasteiger partial charge in [0.2, 0.25) is 0 Å². The van der Waals surface area contributed by atoms with Gasteiger partial charge in [0.25, 0.3) is 0 Å². The number of rotatable bonds is 6. The molecule has 0 aromatic heterocycles. The highest BCUT2D eigenvalue weighted by Crippen LogP contribution is 2.26. The Kier molecular flexibility index (Phi) is 6.08. The number of hydrogen-bond donors (Lipinski definition) is 1. The van der Waals surface area contributed by atoms with Crippen molar-refractivity contribution in [2.24, 2.45) is 5.92 Å². The monoisotopic (exact) mass is 295 g/mol. The minimum Gasteiger partial charge on any atom is -0.478 e. The fourth-order valence-corrected chi connectivity index (χ4v) is 2.24. The van der Waals surface area contributed by atoms with E-state index in [1.165, 1.54) is 6.08 Å². The van der Waals surface area contributed by atoms with E-state index in [4.69, 9.17) is 16.7 Å². The average molecular weight is 296 g/mol. The average Bonchev–Trinajstić information content (AvgIpc) is 2.33. The van der Waals surface area contributed by atoms with Crippen LogP contribution in [0.5, 0.6) is 0 Å². The van der Waals surface area contributed by atoms with Crippen LogP contribution in [0.1, 0.15) is 33.3 Å². The number of carboxylic acid groups (broad SMARTS) is 1. The Morgan fingerprint density at radius 1 is 1.35 bits per heavy atom. The summed E-state index contributed by atoms with van der Waals surface area (Å²) in [4.78, 5) is 12.8. The third-order valence-electron chi connectivity index (χ3n) is 2.91. The fourth-order valence-electron chi connectivity index (χ4n) is 2.00. The fraction of sp³-hybridized carbons (Fsp3) is 0.438. The summed E-state index contributed by atoms with van der Waals surface area (Å²) in [5.74, 6) is -0.420. The van der Waals surface area contributed by atoms with E-state index in [-0.39, 0.29) is 0 Å². The number of nitrogens with zero attached hydrogens (tertiary/aromatic N) is 1. The molecule has 0 spiro atoms. The number of carboxylic acids is 1. The molecule has 4 heteroatoms. The van der Waals surface area contributed by atoms with Crippen molar-refractivity contribution in [3.05, 3.63) is 34.9 Å². The first-order valence-corrected chi connectivity index (χ1v) is 7.16. The van der Waals surface area contributed by atoms with Crippen LogP contribution in [0.4, 0.5) is 5.69 Å².